The van der Waals surface area contributed by atoms with Gasteiger partial charge in [0.05, 0.1) is 11.3 Å². The number of hydrogen-bond acceptors (Lipinski definition) is 3. The van der Waals surface area contributed by atoms with Gasteiger partial charge in [0, 0.05) is 49.1 Å². The van der Waals surface area contributed by atoms with Gasteiger partial charge in [-0.2, -0.15) is 0 Å². The fraction of sp³-hybridized carbons (Fsp3) is 0.551. The van der Waals surface area contributed by atoms with Crippen molar-refractivity contribution < 1.29 is 30.0 Å². The summed E-state index contributed by atoms with van der Waals surface area (Å²) in [5, 5.41) is 14.1. The monoisotopic (exact) mass is 895 g/mol. The third-order valence-corrected chi connectivity index (χ3v) is 11.5. The van der Waals surface area contributed by atoms with Crippen LogP contribution in [-0.2, 0) is 36.7 Å². The summed E-state index contributed by atoms with van der Waals surface area (Å²) in [5.74, 6) is 1.63. The largest absolute Gasteiger partial charge is 0.512 e. The summed E-state index contributed by atoms with van der Waals surface area (Å²) in [4.78, 5) is 17.6. The maximum absolute atomic E-state index is 12.3. The molecule has 53 heavy (non-hydrogen) atoms. The molecule has 0 spiro atoms. The quantitative estimate of drug-likeness (QED) is 0.0980. The van der Waals surface area contributed by atoms with Crippen LogP contribution in [0.1, 0.15) is 131 Å². The zero-order chi connectivity index (χ0) is 38.7. The Balaban J connectivity index is 0.000000327. The van der Waals surface area contributed by atoms with Crippen LogP contribution in [0.3, 0.4) is 0 Å². The van der Waals surface area contributed by atoms with Crippen molar-refractivity contribution in [1.82, 2.24) is 4.98 Å². The number of aliphatic hydroxyl groups is 1. The Morgan fingerprint density at radius 1 is 0.868 bits per heavy atom. The van der Waals surface area contributed by atoms with E-state index in [2.05, 4.69) is 152 Å². The molecule has 3 nitrogen and oxygen atoms in total. The van der Waals surface area contributed by atoms with Gasteiger partial charge in [-0.15, -0.1) is 29.1 Å². The van der Waals surface area contributed by atoms with Gasteiger partial charge in [0.2, 0.25) is 0 Å². The van der Waals surface area contributed by atoms with Crippen LogP contribution in [-0.4, -0.2) is 15.9 Å². The molecule has 0 atom stereocenters. The van der Waals surface area contributed by atoms with Crippen molar-refractivity contribution in [2.75, 3.05) is 0 Å². The average molecular weight is 895 g/mol. The standard InChI is InChI=1S/C32H36N.C17H32O2.Ir/c1-21-15-22(2)30-25(20-32(6)13-9-10-14-32)19-28(33-29(30)16-21)24-17-23-11-7-8-12-26(23)27(18-24)31(3,4)5;1-10(2)16(11(3)4)14(18)9-15(19)17(12(5)6)13(7)8;/h7-8,11-12,15-16,18-19H,9-10,13-14,20H2,1-6H3;9-13,16-18H,1-8H3;/q-1;;/b;14-9-;. The van der Waals surface area contributed by atoms with Crippen molar-refractivity contribution in [3.63, 3.8) is 0 Å². The SMILES string of the molecule is CC(C)C(C(=O)/C=C(\O)C(C(C)C)C(C)C)C(C)C.Cc1cc(C)c2c(CC3(C)CCCC3)cc(-c3[c-]c4ccccc4c(C(C)(C)C)c3)nc2c1.[Ir]. The van der Waals surface area contributed by atoms with Crippen LogP contribution in [0, 0.1) is 60.8 Å². The second-order valence-electron chi connectivity index (χ2n) is 18.7. The normalized spacial score (nSPS) is 14.9. The number of carbonyl (C=O) groups excluding carboxylic acids is 1. The number of carbonyl (C=O) groups is 1. The molecule has 1 radical (unpaired) electrons. The van der Waals surface area contributed by atoms with Crippen LogP contribution >= 0.6 is 0 Å². The Kier molecular flexibility index (Phi) is 15.3. The molecule has 1 heterocycles. The van der Waals surface area contributed by atoms with Crippen molar-refractivity contribution in [3.8, 4) is 11.3 Å². The van der Waals surface area contributed by atoms with E-state index in [1.807, 2.05) is 0 Å². The van der Waals surface area contributed by atoms with Gasteiger partial charge in [-0.25, -0.2) is 0 Å². The zero-order valence-corrected chi connectivity index (χ0v) is 37.7. The number of aryl methyl sites for hydroxylation is 2. The van der Waals surface area contributed by atoms with E-state index < -0.39 is 0 Å². The summed E-state index contributed by atoms with van der Waals surface area (Å²) >= 11 is 0. The number of aromatic nitrogens is 1. The summed E-state index contributed by atoms with van der Waals surface area (Å²) < 4.78 is 0. The number of ketones is 1. The third kappa shape index (κ3) is 10.9. The molecule has 291 valence electrons. The van der Waals surface area contributed by atoms with Crippen LogP contribution < -0.4 is 0 Å². The number of fused-ring (bicyclic) bond motifs is 2. The molecule has 0 aliphatic heterocycles. The first-order valence-corrected chi connectivity index (χ1v) is 20.0. The van der Waals surface area contributed by atoms with E-state index in [-0.39, 0.29) is 48.9 Å². The summed E-state index contributed by atoms with van der Waals surface area (Å²) in [6.45, 7) is 30.4. The molecule has 1 aromatic heterocycles. The van der Waals surface area contributed by atoms with Crippen LogP contribution in [0.4, 0.5) is 0 Å². The van der Waals surface area contributed by atoms with Gasteiger partial charge >= 0.3 is 0 Å². The fourth-order valence-electron chi connectivity index (χ4n) is 9.20. The number of aliphatic hydroxyl groups excluding tert-OH is 1. The molecule has 3 aromatic carbocycles. The van der Waals surface area contributed by atoms with Crippen LogP contribution in [0.5, 0.6) is 0 Å². The van der Waals surface area contributed by atoms with Crippen molar-refractivity contribution >= 4 is 27.5 Å². The zero-order valence-electron chi connectivity index (χ0n) is 35.3. The second-order valence-corrected chi connectivity index (χ2v) is 18.7. The van der Waals surface area contributed by atoms with Gasteiger partial charge in [-0.3, -0.25) is 9.78 Å². The molecular weight excluding hydrogens is 827 g/mol. The first kappa shape index (κ1) is 44.6. The predicted molar refractivity (Wildman–Crippen MR) is 224 cm³/mol. The minimum absolute atomic E-state index is 0. The van der Waals surface area contributed by atoms with Crippen LogP contribution in [0.15, 0.2) is 60.4 Å². The molecule has 1 aliphatic carbocycles. The van der Waals surface area contributed by atoms with Gasteiger partial charge in [0.15, 0.2) is 5.78 Å². The van der Waals surface area contributed by atoms with Crippen molar-refractivity contribution in [2.24, 2.45) is 40.9 Å². The van der Waals surface area contributed by atoms with E-state index in [1.165, 1.54) is 70.2 Å². The Labute approximate surface area is 336 Å². The molecule has 0 saturated heterocycles. The molecule has 1 N–H and O–H groups in total. The average Bonchev–Trinajstić information content (AvgIpc) is 3.44. The van der Waals surface area contributed by atoms with E-state index in [9.17, 15) is 9.90 Å². The molecule has 1 saturated carbocycles. The molecule has 0 bridgehead atoms. The number of nitrogens with zero attached hydrogens (tertiary/aromatic N) is 1. The van der Waals surface area contributed by atoms with E-state index in [0.29, 0.717) is 29.1 Å². The molecule has 0 unspecified atom stereocenters. The first-order valence-electron chi connectivity index (χ1n) is 20.0. The van der Waals surface area contributed by atoms with E-state index >= 15 is 0 Å². The maximum atomic E-state index is 12.3. The number of hydrogen-bond donors (Lipinski definition) is 1. The molecule has 4 aromatic rings. The summed E-state index contributed by atoms with van der Waals surface area (Å²) in [6, 6.07) is 21.7. The summed E-state index contributed by atoms with van der Waals surface area (Å²) in [7, 11) is 0. The van der Waals surface area contributed by atoms with Crippen molar-refractivity contribution in [3.05, 3.63) is 88.7 Å². The number of rotatable bonds is 10. The molecule has 1 fully saturated rings. The topological polar surface area (TPSA) is 50.2 Å². The van der Waals surface area contributed by atoms with Gasteiger partial charge in [-0.1, -0.05) is 137 Å². The Morgan fingerprint density at radius 3 is 1.98 bits per heavy atom. The predicted octanol–water partition coefficient (Wildman–Crippen LogP) is 13.7. The first-order chi connectivity index (χ1) is 24.2. The van der Waals surface area contributed by atoms with E-state index in [1.54, 1.807) is 0 Å². The van der Waals surface area contributed by atoms with Gasteiger partial charge in [0.25, 0.3) is 0 Å². The number of allylic oxidation sites excluding steroid dienone is 2. The summed E-state index contributed by atoms with van der Waals surface area (Å²) in [6.07, 6.45) is 7.98. The number of pyridine rings is 1. The van der Waals surface area contributed by atoms with Gasteiger partial charge < -0.3 is 5.11 Å². The fourth-order valence-corrected chi connectivity index (χ4v) is 9.20. The molecule has 0 amide bonds. The Hall–Kier alpha value is -2.81. The maximum Gasteiger partial charge on any atom is 0.162 e. The van der Waals surface area contributed by atoms with Gasteiger partial charge in [-0.05, 0) is 90.4 Å². The Morgan fingerprint density at radius 2 is 1.43 bits per heavy atom. The van der Waals surface area contributed by atoms with E-state index in [0.717, 1.165) is 23.2 Å². The smallest absolute Gasteiger partial charge is 0.162 e. The number of benzene rings is 3. The third-order valence-electron chi connectivity index (χ3n) is 11.5. The minimum atomic E-state index is -0.0119. The molecule has 4 heteroatoms. The summed E-state index contributed by atoms with van der Waals surface area (Å²) in [5.41, 5.74) is 9.17. The molecule has 5 rings (SSSR count). The molecular formula is C49H68IrNO2-. The minimum Gasteiger partial charge on any atom is -0.512 e. The van der Waals surface area contributed by atoms with Crippen molar-refractivity contribution in [2.45, 2.75) is 134 Å². The van der Waals surface area contributed by atoms with Crippen LogP contribution in [0.2, 0.25) is 0 Å². The van der Waals surface area contributed by atoms with E-state index in [4.69, 9.17) is 4.98 Å². The van der Waals surface area contributed by atoms with Gasteiger partial charge in [0.1, 0.15) is 0 Å². The van der Waals surface area contributed by atoms with Crippen molar-refractivity contribution in [1.29, 1.82) is 0 Å². The van der Waals surface area contributed by atoms with Crippen LogP contribution in [0.25, 0.3) is 32.9 Å². The second kappa shape index (κ2) is 18.2. The molecule has 1 aliphatic rings. The Bertz CT molecular complexity index is 1870.